The minimum Gasteiger partial charge on any atom is -0.350 e. The summed E-state index contributed by atoms with van der Waals surface area (Å²) in [7, 11) is 0. The first kappa shape index (κ1) is 16.3. The SMILES string of the molecule is Cc1cccc(NC2=C(c3cccs3)C(=O)N(c3ccccc3)C2=O)c1. The van der Waals surface area contributed by atoms with Crippen LogP contribution in [0, 0.1) is 6.92 Å². The van der Waals surface area contributed by atoms with Gasteiger partial charge in [0.05, 0.1) is 11.3 Å². The van der Waals surface area contributed by atoms with Crippen molar-refractivity contribution in [1.82, 2.24) is 0 Å². The third-order valence-electron chi connectivity index (χ3n) is 4.15. The Kier molecular flexibility index (Phi) is 4.14. The number of anilines is 2. The number of nitrogens with one attached hydrogen (secondary N) is 1. The van der Waals surface area contributed by atoms with E-state index >= 15 is 0 Å². The van der Waals surface area contributed by atoms with Crippen LogP contribution in [0.2, 0.25) is 0 Å². The minimum absolute atomic E-state index is 0.307. The third-order valence-corrected chi connectivity index (χ3v) is 5.04. The first-order valence-electron chi connectivity index (χ1n) is 8.21. The standard InChI is InChI=1S/C21H16N2O2S/c1-14-7-5-8-15(13-14)22-19-18(17-11-6-12-26-17)20(24)23(21(19)25)16-9-3-2-4-10-16/h2-13,22H,1H3. The van der Waals surface area contributed by atoms with E-state index in [1.54, 1.807) is 12.1 Å². The molecule has 1 aliphatic heterocycles. The van der Waals surface area contributed by atoms with Gasteiger partial charge < -0.3 is 5.32 Å². The Morgan fingerprint density at radius 1 is 0.885 bits per heavy atom. The van der Waals surface area contributed by atoms with Gasteiger partial charge in [-0.2, -0.15) is 0 Å². The molecule has 0 bridgehead atoms. The van der Waals surface area contributed by atoms with Crippen LogP contribution < -0.4 is 10.2 Å². The van der Waals surface area contributed by atoms with E-state index in [-0.39, 0.29) is 11.8 Å². The van der Waals surface area contributed by atoms with Crippen LogP contribution in [0.15, 0.2) is 77.8 Å². The van der Waals surface area contributed by atoms with Gasteiger partial charge in [-0.15, -0.1) is 11.3 Å². The molecule has 1 N–H and O–H groups in total. The predicted octanol–water partition coefficient (Wildman–Crippen LogP) is 4.45. The van der Waals surface area contributed by atoms with E-state index in [0.29, 0.717) is 17.0 Å². The minimum atomic E-state index is -0.342. The van der Waals surface area contributed by atoms with Gasteiger partial charge in [0.1, 0.15) is 5.70 Å². The Bertz CT molecular complexity index is 1010. The Balaban J connectivity index is 1.81. The molecule has 26 heavy (non-hydrogen) atoms. The van der Waals surface area contributed by atoms with Crippen LogP contribution in [0.3, 0.4) is 0 Å². The molecule has 1 aliphatic rings. The molecule has 0 spiro atoms. The van der Waals surface area contributed by atoms with Crippen molar-refractivity contribution in [3.8, 4) is 0 Å². The number of carbonyl (C=O) groups excluding carboxylic acids is 2. The molecule has 3 aromatic rings. The zero-order valence-corrected chi connectivity index (χ0v) is 14.9. The highest BCUT2D eigenvalue weighted by Crippen LogP contribution is 2.35. The van der Waals surface area contributed by atoms with E-state index in [9.17, 15) is 9.59 Å². The van der Waals surface area contributed by atoms with Crippen molar-refractivity contribution in [3.05, 3.63) is 88.2 Å². The number of aryl methyl sites for hydroxylation is 1. The summed E-state index contributed by atoms with van der Waals surface area (Å²) in [5, 5.41) is 5.07. The van der Waals surface area contributed by atoms with Crippen molar-refractivity contribution >= 4 is 40.1 Å². The molecule has 0 unspecified atom stereocenters. The van der Waals surface area contributed by atoms with Gasteiger partial charge in [-0.25, -0.2) is 4.90 Å². The summed E-state index contributed by atoms with van der Waals surface area (Å²) in [6.07, 6.45) is 0. The first-order valence-corrected chi connectivity index (χ1v) is 9.09. The van der Waals surface area contributed by atoms with E-state index in [1.165, 1.54) is 16.2 Å². The number of hydrogen-bond acceptors (Lipinski definition) is 4. The summed E-state index contributed by atoms with van der Waals surface area (Å²) >= 11 is 1.44. The summed E-state index contributed by atoms with van der Waals surface area (Å²) in [6.45, 7) is 1.98. The van der Waals surface area contributed by atoms with Crippen LogP contribution in [0.1, 0.15) is 10.4 Å². The molecular weight excluding hydrogens is 344 g/mol. The second kappa shape index (κ2) is 6.61. The van der Waals surface area contributed by atoms with Crippen LogP contribution in [-0.2, 0) is 9.59 Å². The van der Waals surface area contributed by atoms with Crippen molar-refractivity contribution in [2.45, 2.75) is 6.92 Å². The van der Waals surface area contributed by atoms with Gasteiger partial charge in [0.15, 0.2) is 0 Å². The molecule has 0 radical (unpaired) electrons. The Morgan fingerprint density at radius 2 is 1.69 bits per heavy atom. The van der Waals surface area contributed by atoms with E-state index < -0.39 is 0 Å². The fourth-order valence-corrected chi connectivity index (χ4v) is 3.74. The molecule has 2 amide bonds. The van der Waals surface area contributed by atoms with Gasteiger partial charge >= 0.3 is 0 Å². The summed E-state index contributed by atoms with van der Waals surface area (Å²) in [6, 6.07) is 20.5. The Morgan fingerprint density at radius 3 is 2.38 bits per heavy atom. The van der Waals surface area contributed by atoms with E-state index in [2.05, 4.69) is 5.32 Å². The molecule has 0 fully saturated rings. The van der Waals surface area contributed by atoms with E-state index in [4.69, 9.17) is 0 Å². The lowest BCUT2D eigenvalue weighted by atomic mass is 10.1. The largest absolute Gasteiger partial charge is 0.350 e. The third kappa shape index (κ3) is 2.82. The zero-order chi connectivity index (χ0) is 18.1. The molecule has 5 heteroatoms. The average Bonchev–Trinajstić information content (AvgIpc) is 3.23. The summed E-state index contributed by atoms with van der Waals surface area (Å²) < 4.78 is 0. The smallest absolute Gasteiger partial charge is 0.282 e. The lowest BCUT2D eigenvalue weighted by molar-refractivity contribution is -0.120. The van der Waals surface area contributed by atoms with Gasteiger partial charge in [0.25, 0.3) is 11.8 Å². The second-order valence-electron chi connectivity index (χ2n) is 6.00. The van der Waals surface area contributed by atoms with Crippen molar-refractivity contribution in [2.75, 3.05) is 10.2 Å². The number of imide groups is 1. The van der Waals surface area contributed by atoms with Crippen molar-refractivity contribution in [2.24, 2.45) is 0 Å². The molecule has 0 saturated carbocycles. The molecule has 1 aromatic heterocycles. The molecular formula is C21H16N2O2S. The van der Waals surface area contributed by atoms with E-state index in [0.717, 1.165) is 16.1 Å². The number of amides is 2. The maximum Gasteiger partial charge on any atom is 0.282 e. The van der Waals surface area contributed by atoms with Crippen molar-refractivity contribution < 1.29 is 9.59 Å². The number of rotatable bonds is 4. The maximum absolute atomic E-state index is 13.1. The fourth-order valence-electron chi connectivity index (χ4n) is 2.97. The van der Waals surface area contributed by atoms with Crippen LogP contribution in [0.5, 0.6) is 0 Å². The molecule has 0 saturated heterocycles. The Labute approximate surface area is 155 Å². The number of nitrogens with zero attached hydrogens (tertiary/aromatic N) is 1. The Hall–Kier alpha value is -3.18. The molecule has 4 rings (SSSR count). The van der Waals surface area contributed by atoms with Crippen molar-refractivity contribution in [1.29, 1.82) is 0 Å². The molecule has 2 aromatic carbocycles. The van der Waals surface area contributed by atoms with Gasteiger partial charge in [-0.3, -0.25) is 9.59 Å². The van der Waals surface area contributed by atoms with Crippen LogP contribution in [-0.4, -0.2) is 11.8 Å². The summed E-state index contributed by atoms with van der Waals surface area (Å²) in [4.78, 5) is 28.2. The lowest BCUT2D eigenvalue weighted by Gasteiger charge is -2.15. The highest BCUT2D eigenvalue weighted by Gasteiger charge is 2.40. The summed E-state index contributed by atoms with van der Waals surface area (Å²) in [5.41, 5.74) is 3.15. The second-order valence-corrected chi connectivity index (χ2v) is 6.95. The van der Waals surface area contributed by atoms with Crippen molar-refractivity contribution in [3.63, 3.8) is 0 Å². The van der Waals surface area contributed by atoms with Crippen LogP contribution in [0.25, 0.3) is 5.57 Å². The number of carbonyl (C=O) groups is 2. The quantitative estimate of drug-likeness (QED) is 0.699. The predicted molar refractivity (Wildman–Crippen MR) is 105 cm³/mol. The maximum atomic E-state index is 13.1. The molecule has 4 nitrogen and oxygen atoms in total. The molecule has 0 atom stereocenters. The molecule has 128 valence electrons. The highest BCUT2D eigenvalue weighted by atomic mass is 32.1. The lowest BCUT2D eigenvalue weighted by Crippen LogP contribution is -2.32. The number of benzene rings is 2. The normalized spacial score (nSPS) is 14.3. The monoisotopic (exact) mass is 360 g/mol. The molecule has 2 heterocycles. The number of thiophene rings is 1. The van der Waals surface area contributed by atoms with Crippen LogP contribution in [0.4, 0.5) is 11.4 Å². The number of para-hydroxylation sites is 1. The molecule has 0 aliphatic carbocycles. The summed E-state index contributed by atoms with van der Waals surface area (Å²) in [5.74, 6) is -0.648. The van der Waals surface area contributed by atoms with Crippen LogP contribution >= 0.6 is 11.3 Å². The van der Waals surface area contributed by atoms with Gasteiger partial charge in [-0.1, -0.05) is 36.4 Å². The average molecular weight is 360 g/mol. The van der Waals surface area contributed by atoms with Gasteiger partial charge in [-0.05, 0) is 48.2 Å². The van der Waals surface area contributed by atoms with Gasteiger partial charge in [0.2, 0.25) is 0 Å². The topological polar surface area (TPSA) is 49.4 Å². The first-order chi connectivity index (χ1) is 12.6. The van der Waals surface area contributed by atoms with Gasteiger partial charge in [0, 0.05) is 10.6 Å². The zero-order valence-electron chi connectivity index (χ0n) is 14.1. The highest BCUT2D eigenvalue weighted by molar-refractivity contribution is 7.11. The fraction of sp³-hybridized carbons (Fsp3) is 0.0476. The number of hydrogen-bond donors (Lipinski definition) is 1. The van der Waals surface area contributed by atoms with E-state index in [1.807, 2.05) is 66.9 Å².